The number of allylic oxidation sites excluding steroid dienone is 2. The van der Waals surface area contributed by atoms with Gasteiger partial charge in [0.05, 0.1) is 5.57 Å². The van der Waals surface area contributed by atoms with Crippen LogP contribution in [0.1, 0.15) is 0 Å². The van der Waals surface area contributed by atoms with Crippen LogP contribution >= 0.6 is 0 Å². The molecular formula is C12H11NO4. The van der Waals surface area contributed by atoms with Crippen molar-refractivity contribution in [3.8, 4) is 0 Å². The molecule has 0 unspecified atom stereocenters. The molecule has 0 saturated heterocycles. The summed E-state index contributed by atoms with van der Waals surface area (Å²) in [5.74, 6) is -0.123. The summed E-state index contributed by atoms with van der Waals surface area (Å²) in [5, 5.41) is 0. The van der Waals surface area contributed by atoms with Crippen molar-refractivity contribution >= 4 is 11.9 Å². The first-order chi connectivity index (χ1) is 8.04. The summed E-state index contributed by atoms with van der Waals surface area (Å²) in [5.41, 5.74) is 0.454. The van der Waals surface area contributed by atoms with Crippen molar-refractivity contribution in [1.82, 2.24) is 4.90 Å². The number of hydrogen-bond donors (Lipinski definition) is 0. The van der Waals surface area contributed by atoms with Crippen LogP contribution in [0.5, 0.6) is 0 Å². The van der Waals surface area contributed by atoms with Gasteiger partial charge in [-0.1, -0.05) is 0 Å². The number of hydrogen-bond acceptors (Lipinski definition) is 5. The van der Waals surface area contributed by atoms with Crippen LogP contribution in [0, 0.1) is 0 Å². The second-order valence-corrected chi connectivity index (χ2v) is 3.79. The van der Waals surface area contributed by atoms with Crippen LogP contribution in [0.25, 0.3) is 0 Å². The molecule has 2 rings (SSSR count). The number of carbonyl (C=O) groups is 2. The van der Waals surface area contributed by atoms with Gasteiger partial charge in [-0.3, -0.25) is 0 Å². The predicted octanol–water partition coefficient (Wildman–Crippen LogP) is 0.869. The molecule has 2 aliphatic rings. The van der Waals surface area contributed by atoms with Gasteiger partial charge in [0.2, 0.25) is 0 Å². The highest BCUT2D eigenvalue weighted by Crippen LogP contribution is 2.21. The van der Waals surface area contributed by atoms with Crippen LogP contribution in [0.15, 0.2) is 47.6 Å². The van der Waals surface area contributed by atoms with Crippen molar-refractivity contribution in [2.24, 2.45) is 0 Å². The Labute approximate surface area is 98.3 Å². The molecule has 5 nitrogen and oxygen atoms in total. The second-order valence-electron chi connectivity index (χ2n) is 3.79. The highest BCUT2D eigenvalue weighted by atomic mass is 16.6. The van der Waals surface area contributed by atoms with E-state index in [0.717, 1.165) is 0 Å². The number of ether oxygens (including phenoxy) is 2. The molecule has 2 aliphatic heterocycles. The Kier molecular flexibility index (Phi) is 2.82. The largest absolute Gasteiger partial charge is 0.423 e. The maximum absolute atomic E-state index is 11.4. The molecule has 0 spiro atoms. The van der Waals surface area contributed by atoms with Crippen LogP contribution in [0.3, 0.4) is 0 Å². The van der Waals surface area contributed by atoms with Crippen molar-refractivity contribution in [3.63, 3.8) is 0 Å². The van der Waals surface area contributed by atoms with Crippen molar-refractivity contribution < 1.29 is 19.1 Å². The fourth-order valence-electron chi connectivity index (χ4n) is 1.40. The fourth-order valence-corrected chi connectivity index (χ4v) is 1.40. The van der Waals surface area contributed by atoms with E-state index in [1.54, 1.807) is 17.2 Å². The Balaban J connectivity index is 2.17. The Bertz CT molecular complexity index is 495. The van der Waals surface area contributed by atoms with E-state index in [4.69, 9.17) is 9.47 Å². The zero-order chi connectivity index (χ0) is 12.4. The molecule has 0 bridgehead atoms. The van der Waals surface area contributed by atoms with E-state index < -0.39 is 11.9 Å². The highest BCUT2D eigenvalue weighted by molar-refractivity contribution is 5.95. The van der Waals surface area contributed by atoms with E-state index in [1.807, 2.05) is 14.1 Å². The van der Waals surface area contributed by atoms with Crippen molar-refractivity contribution in [3.05, 3.63) is 47.6 Å². The number of nitrogens with zero attached hydrogens (tertiary/aromatic N) is 1. The third-order valence-corrected chi connectivity index (χ3v) is 2.03. The molecule has 0 aromatic carbocycles. The van der Waals surface area contributed by atoms with Crippen molar-refractivity contribution in [1.29, 1.82) is 0 Å². The van der Waals surface area contributed by atoms with Crippen LogP contribution in [0.4, 0.5) is 0 Å². The summed E-state index contributed by atoms with van der Waals surface area (Å²) in [6.45, 7) is 0. The average molecular weight is 233 g/mol. The first-order valence-electron chi connectivity index (χ1n) is 4.98. The van der Waals surface area contributed by atoms with Gasteiger partial charge in [-0.2, -0.15) is 0 Å². The molecule has 0 aliphatic carbocycles. The van der Waals surface area contributed by atoms with Gasteiger partial charge >= 0.3 is 11.9 Å². The lowest BCUT2D eigenvalue weighted by atomic mass is 10.2. The van der Waals surface area contributed by atoms with Gasteiger partial charge in [0, 0.05) is 32.4 Å². The highest BCUT2D eigenvalue weighted by Gasteiger charge is 2.21. The molecule has 0 saturated carbocycles. The van der Waals surface area contributed by atoms with Crippen molar-refractivity contribution in [2.45, 2.75) is 0 Å². The first kappa shape index (κ1) is 11.2. The van der Waals surface area contributed by atoms with Crippen LogP contribution in [-0.2, 0) is 19.1 Å². The van der Waals surface area contributed by atoms with Crippen molar-refractivity contribution in [2.75, 3.05) is 14.1 Å². The van der Waals surface area contributed by atoms with Gasteiger partial charge < -0.3 is 14.4 Å². The maximum Gasteiger partial charge on any atom is 0.345 e. The van der Waals surface area contributed by atoms with Gasteiger partial charge in [0.25, 0.3) is 0 Å². The Morgan fingerprint density at radius 2 is 1.94 bits per heavy atom. The van der Waals surface area contributed by atoms with E-state index in [-0.39, 0.29) is 0 Å². The van der Waals surface area contributed by atoms with E-state index in [0.29, 0.717) is 17.1 Å². The Morgan fingerprint density at radius 3 is 2.53 bits per heavy atom. The topological polar surface area (TPSA) is 55.8 Å². The van der Waals surface area contributed by atoms with Gasteiger partial charge in [-0.15, -0.1) is 0 Å². The van der Waals surface area contributed by atoms with E-state index in [2.05, 4.69) is 0 Å². The number of carbonyl (C=O) groups excluding carboxylic acids is 2. The van der Waals surface area contributed by atoms with Gasteiger partial charge in [0.15, 0.2) is 0 Å². The molecule has 2 heterocycles. The first-order valence-corrected chi connectivity index (χ1v) is 4.98. The lowest BCUT2D eigenvalue weighted by Gasteiger charge is -2.03. The number of rotatable bonds is 2. The summed E-state index contributed by atoms with van der Waals surface area (Å²) in [4.78, 5) is 24.0. The average Bonchev–Trinajstić information content (AvgIpc) is 2.74. The molecule has 0 amide bonds. The molecule has 0 N–H and O–H groups in total. The number of esters is 2. The van der Waals surface area contributed by atoms with E-state index in [9.17, 15) is 9.59 Å². The van der Waals surface area contributed by atoms with E-state index in [1.165, 1.54) is 18.2 Å². The number of cyclic esters (lactones) is 2. The summed E-state index contributed by atoms with van der Waals surface area (Å²) in [6, 6.07) is 0. The van der Waals surface area contributed by atoms with Gasteiger partial charge in [-0.05, 0) is 12.2 Å². The fraction of sp³-hybridized carbons (Fsp3) is 0.167. The lowest BCUT2D eigenvalue weighted by molar-refractivity contribution is -0.133. The van der Waals surface area contributed by atoms with Crippen LogP contribution < -0.4 is 0 Å². The monoisotopic (exact) mass is 233 g/mol. The molecule has 0 aromatic heterocycles. The quantitative estimate of drug-likeness (QED) is 0.523. The zero-order valence-electron chi connectivity index (χ0n) is 9.47. The maximum atomic E-state index is 11.4. The lowest BCUT2D eigenvalue weighted by Crippen LogP contribution is -2.06. The molecular weight excluding hydrogens is 222 g/mol. The predicted molar refractivity (Wildman–Crippen MR) is 59.3 cm³/mol. The normalized spacial score (nSPS) is 23.1. The Morgan fingerprint density at radius 1 is 1.18 bits per heavy atom. The molecule has 17 heavy (non-hydrogen) atoms. The summed E-state index contributed by atoms with van der Waals surface area (Å²) in [6.07, 6.45) is 7.57. The standard InChI is InChI=1S/C12H11NO4/c1-13(2)7-8-5-10(17-12(8)15)6-9-3-4-11(14)16-9/h3-7H,1-2H3/b8-7?,9-6-. The van der Waals surface area contributed by atoms with E-state index >= 15 is 0 Å². The van der Waals surface area contributed by atoms with Crippen LogP contribution in [-0.4, -0.2) is 30.9 Å². The van der Waals surface area contributed by atoms with Gasteiger partial charge in [-0.25, -0.2) is 9.59 Å². The molecule has 0 atom stereocenters. The third kappa shape index (κ3) is 2.63. The minimum atomic E-state index is -0.426. The zero-order valence-corrected chi connectivity index (χ0v) is 9.47. The molecule has 0 aromatic rings. The minimum Gasteiger partial charge on any atom is -0.423 e. The smallest absolute Gasteiger partial charge is 0.345 e. The minimum absolute atomic E-state index is 0.359. The van der Waals surface area contributed by atoms with Crippen LogP contribution in [0.2, 0.25) is 0 Å². The second kappa shape index (κ2) is 4.29. The molecule has 0 radical (unpaired) electrons. The summed E-state index contributed by atoms with van der Waals surface area (Å²) >= 11 is 0. The molecule has 88 valence electrons. The Hall–Kier alpha value is -2.30. The summed E-state index contributed by atoms with van der Waals surface area (Å²) in [7, 11) is 3.62. The summed E-state index contributed by atoms with van der Waals surface area (Å²) < 4.78 is 9.82. The molecule has 0 fully saturated rings. The molecule has 5 heteroatoms. The SMILES string of the molecule is CN(C)C=C1C=C(/C=C2/C=CC(=O)O2)OC1=O. The third-order valence-electron chi connectivity index (χ3n) is 2.03. The van der Waals surface area contributed by atoms with Gasteiger partial charge in [0.1, 0.15) is 11.5 Å².